The van der Waals surface area contributed by atoms with Crippen molar-refractivity contribution in [3.63, 3.8) is 0 Å². The smallest absolute Gasteiger partial charge is 0.408 e. The Hall–Kier alpha value is -2.83. The maximum absolute atomic E-state index is 11.9. The molecule has 1 aromatic carbocycles. The summed E-state index contributed by atoms with van der Waals surface area (Å²) in [5, 5.41) is 16.3. The van der Waals surface area contributed by atoms with Crippen LogP contribution < -0.4 is 5.32 Å². The van der Waals surface area contributed by atoms with Crippen molar-refractivity contribution in [3.05, 3.63) is 47.3 Å². The van der Waals surface area contributed by atoms with E-state index in [1.54, 1.807) is 25.5 Å². The van der Waals surface area contributed by atoms with Crippen LogP contribution in [0.3, 0.4) is 0 Å². The van der Waals surface area contributed by atoms with Gasteiger partial charge in [0, 0.05) is 12.1 Å². The first-order valence-corrected chi connectivity index (χ1v) is 8.40. The van der Waals surface area contributed by atoms with E-state index in [1.165, 1.54) is 0 Å². The van der Waals surface area contributed by atoms with E-state index in [2.05, 4.69) is 10.4 Å². The first-order chi connectivity index (χ1) is 12.0. The zero-order chi connectivity index (χ0) is 19.5. The zero-order valence-electron chi connectivity index (χ0n) is 15.7. The molecular formula is C19H25N3O4. The number of aryl methyl sites for hydroxylation is 2. The average molecular weight is 359 g/mol. The van der Waals surface area contributed by atoms with Gasteiger partial charge in [-0.2, -0.15) is 5.10 Å². The Morgan fingerprint density at radius 2 is 1.96 bits per heavy atom. The number of carboxylic acids is 1. The van der Waals surface area contributed by atoms with Crippen LogP contribution in [0, 0.1) is 13.8 Å². The highest BCUT2D eigenvalue weighted by Gasteiger charge is 2.24. The van der Waals surface area contributed by atoms with Crippen molar-refractivity contribution in [2.75, 3.05) is 0 Å². The van der Waals surface area contributed by atoms with Crippen molar-refractivity contribution in [2.24, 2.45) is 0 Å². The molecule has 0 fully saturated rings. The summed E-state index contributed by atoms with van der Waals surface area (Å²) >= 11 is 0. The number of hydrogen-bond acceptors (Lipinski definition) is 4. The number of carbonyl (C=O) groups excluding carboxylic acids is 1. The summed E-state index contributed by atoms with van der Waals surface area (Å²) in [5.74, 6) is -1.12. The molecule has 2 N–H and O–H groups in total. The van der Waals surface area contributed by atoms with Crippen molar-refractivity contribution < 1.29 is 19.4 Å². The van der Waals surface area contributed by atoms with Gasteiger partial charge in [0.2, 0.25) is 0 Å². The maximum atomic E-state index is 11.9. The van der Waals surface area contributed by atoms with Gasteiger partial charge >= 0.3 is 12.1 Å². The molecule has 0 aliphatic rings. The van der Waals surface area contributed by atoms with E-state index in [0.717, 1.165) is 22.6 Å². The lowest BCUT2D eigenvalue weighted by Crippen LogP contribution is -2.44. The fraction of sp³-hybridized carbons (Fsp3) is 0.421. The van der Waals surface area contributed by atoms with E-state index in [9.17, 15) is 14.7 Å². The number of carboxylic acid groups (broad SMARTS) is 1. The molecule has 0 saturated carbocycles. The van der Waals surface area contributed by atoms with Crippen LogP contribution in [0.25, 0.3) is 5.69 Å². The second-order valence-electron chi connectivity index (χ2n) is 7.25. The van der Waals surface area contributed by atoms with Crippen LogP contribution in [0.4, 0.5) is 4.79 Å². The quantitative estimate of drug-likeness (QED) is 0.856. The molecule has 7 heteroatoms. The Morgan fingerprint density at radius 1 is 1.27 bits per heavy atom. The van der Waals surface area contributed by atoms with Gasteiger partial charge in [-0.1, -0.05) is 12.1 Å². The minimum atomic E-state index is -1.12. The van der Waals surface area contributed by atoms with Crippen molar-refractivity contribution in [3.8, 4) is 5.69 Å². The molecule has 0 spiro atoms. The standard InChI is InChI=1S/C19H25N3O4/c1-12-9-13(2)22(21-12)15-8-6-7-14(10-15)11-16(17(23)24)20-18(25)26-19(3,4)5/h6-10,16H,11H2,1-5H3,(H,20,25)(H,23,24). The molecule has 0 aliphatic heterocycles. The second-order valence-corrected chi connectivity index (χ2v) is 7.25. The van der Waals surface area contributed by atoms with Crippen LogP contribution >= 0.6 is 0 Å². The van der Waals surface area contributed by atoms with Crippen LogP contribution in [-0.4, -0.2) is 38.6 Å². The highest BCUT2D eigenvalue weighted by molar-refractivity contribution is 5.80. The van der Waals surface area contributed by atoms with Crippen molar-refractivity contribution >= 4 is 12.1 Å². The number of ether oxygens (including phenoxy) is 1. The van der Waals surface area contributed by atoms with E-state index < -0.39 is 23.7 Å². The number of carbonyl (C=O) groups is 2. The van der Waals surface area contributed by atoms with E-state index in [1.807, 2.05) is 44.2 Å². The van der Waals surface area contributed by atoms with Crippen LogP contribution in [0.2, 0.25) is 0 Å². The molecule has 140 valence electrons. The molecule has 1 amide bonds. The number of alkyl carbamates (subject to hydrolysis) is 1. The third-order valence-electron chi connectivity index (χ3n) is 3.59. The van der Waals surface area contributed by atoms with Crippen LogP contribution in [-0.2, 0) is 16.0 Å². The summed E-state index contributed by atoms with van der Waals surface area (Å²) in [6.07, 6.45) is -0.610. The number of nitrogens with one attached hydrogen (secondary N) is 1. The van der Waals surface area contributed by atoms with Gasteiger partial charge < -0.3 is 15.2 Å². The zero-order valence-corrected chi connectivity index (χ0v) is 15.7. The highest BCUT2D eigenvalue weighted by atomic mass is 16.6. The van der Waals surface area contributed by atoms with E-state index in [4.69, 9.17) is 4.74 Å². The SMILES string of the molecule is Cc1cc(C)n(-c2cccc(CC(NC(=O)OC(C)(C)C)C(=O)O)c2)n1. The van der Waals surface area contributed by atoms with E-state index >= 15 is 0 Å². The maximum Gasteiger partial charge on any atom is 0.408 e. The normalized spacial score (nSPS) is 12.5. The average Bonchev–Trinajstić information content (AvgIpc) is 2.83. The molecule has 0 aliphatic carbocycles. The number of aromatic nitrogens is 2. The van der Waals surface area contributed by atoms with Gasteiger partial charge in [0.1, 0.15) is 11.6 Å². The number of nitrogens with zero attached hydrogens (tertiary/aromatic N) is 2. The minimum absolute atomic E-state index is 0.141. The molecule has 1 aromatic heterocycles. The predicted octanol–water partition coefficient (Wildman–Crippen LogP) is 3.01. The molecule has 2 aromatic rings. The number of benzene rings is 1. The summed E-state index contributed by atoms with van der Waals surface area (Å²) in [4.78, 5) is 23.4. The number of hydrogen-bond donors (Lipinski definition) is 2. The van der Waals surface area contributed by atoms with Crippen LogP contribution in [0.5, 0.6) is 0 Å². The van der Waals surface area contributed by atoms with Crippen LogP contribution in [0.1, 0.15) is 37.7 Å². The van der Waals surface area contributed by atoms with Gasteiger partial charge in [0.25, 0.3) is 0 Å². The van der Waals surface area contributed by atoms with Crippen molar-refractivity contribution in [1.82, 2.24) is 15.1 Å². The predicted molar refractivity (Wildman–Crippen MR) is 97.5 cm³/mol. The van der Waals surface area contributed by atoms with E-state index in [0.29, 0.717) is 0 Å². The van der Waals surface area contributed by atoms with Gasteiger partial charge in [-0.15, -0.1) is 0 Å². The fourth-order valence-corrected chi connectivity index (χ4v) is 2.59. The number of aliphatic carboxylic acids is 1. The summed E-state index contributed by atoms with van der Waals surface area (Å²) in [7, 11) is 0. The summed E-state index contributed by atoms with van der Waals surface area (Å²) in [6, 6.07) is 8.32. The van der Waals surface area contributed by atoms with Crippen molar-refractivity contribution in [1.29, 1.82) is 0 Å². The second kappa shape index (κ2) is 7.59. The minimum Gasteiger partial charge on any atom is -0.480 e. The number of amides is 1. The molecular weight excluding hydrogens is 334 g/mol. The third kappa shape index (κ3) is 5.34. The Bertz CT molecular complexity index is 805. The summed E-state index contributed by atoms with van der Waals surface area (Å²) in [5.41, 5.74) is 2.82. The molecule has 0 saturated heterocycles. The Labute approximate surface area is 153 Å². The monoisotopic (exact) mass is 359 g/mol. The van der Waals surface area contributed by atoms with Gasteiger partial charge in [-0.25, -0.2) is 14.3 Å². The van der Waals surface area contributed by atoms with Crippen LogP contribution in [0.15, 0.2) is 30.3 Å². The molecule has 1 unspecified atom stereocenters. The van der Waals surface area contributed by atoms with Gasteiger partial charge in [0.05, 0.1) is 11.4 Å². The third-order valence-corrected chi connectivity index (χ3v) is 3.59. The first-order valence-electron chi connectivity index (χ1n) is 8.40. The molecule has 1 atom stereocenters. The highest BCUT2D eigenvalue weighted by Crippen LogP contribution is 2.15. The largest absolute Gasteiger partial charge is 0.480 e. The molecule has 26 heavy (non-hydrogen) atoms. The topological polar surface area (TPSA) is 93.5 Å². The summed E-state index contributed by atoms with van der Waals surface area (Å²) in [6.45, 7) is 9.04. The van der Waals surface area contributed by atoms with Gasteiger partial charge in [0.15, 0.2) is 0 Å². The van der Waals surface area contributed by atoms with Gasteiger partial charge in [-0.3, -0.25) is 0 Å². The lowest BCUT2D eigenvalue weighted by molar-refractivity contribution is -0.139. The lowest BCUT2D eigenvalue weighted by atomic mass is 10.1. The number of rotatable bonds is 5. The fourth-order valence-electron chi connectivity index (χ4n) is 2.59. The van der Waals surface area contributed by atoms with Crippen molar-refractivity contribution in [2.45, 2.75) is 52.7 Å². The Morgan fingerprint density at radius 3 is 2.50 bits per heavy atom. The Kier molecular flexibility index (Phi) is 5.69. The molecule has 2 rings (SSSR count). The Balaban J connectivity index is 2.16. The molecule has 1 heterocycles. The summed E-state index contributed by atoms with van der Waals surface area (Å²) < 4.78 is 6.94. The molecule has 0 bridgehead atoms. The molecule has 7 nitrogen and oxygen atoms in total. The first kappa shape index (κ1) is 19.5. The molecule has 0 radical (unpaired) electrons. The lowest BCUT2D eigenvalue weighted by Gasteiger charge is -2.22. The van der Waals surface area contributed by atoms with E-state index in [-0.39, 0.29) is 6.42 Å². The van der Waals surface area contributed by atoms with Gasteiger partial charge in [-0.05, 0) is 58.4 Å².